The number of hydrogen-bond donors (Lipinski definition) is 0. The summed E-state index contributed by atoms with van der Waals surface area (Å²) < 4.78 is 2.24. The highest BCUT2D eigenvalue weighted by Crippen LogP contribution is 2.83. The Kier molecular flexibility index (Phi) is 3.36. The Morgan fingerprint density at radius 2 is 1.22 bits per heavy atom. The Bertz CT molecular complexity index is 962. The minimum atomic E-state index is 0.128. The van der Waals surface area contributed by atoms with Gasteiger partial charge in [-0.25, -0.2) is 4.57 Å². The van der Waals surface area contributed by atoms with Crippen molar-refractivity contribution in [1.29, 1.82) is 0 Å². The summed E-state index contributed by atoms with van der Waals surface area (Å²) in [6.07, 6.45) is 2.15. The van der Waals surface area contributed by atoms with Gasteiger partial charge in [-0.2, -0.15) is 0 Å². The molecule has 2 aromatic rings. The molecular formula is C26H36N+. The first-order chi connectivity index (χ1) is 12.3. The van der Waals surface area contributed by atoms with Gasteiger partial charge in [-0.3, -0.25) is 0 Å². The summed E-state index contributed by atoms with van der Waals surface area (Å²) in [5.41, 5.74) is 8.11. The monoisotopic (exact) mass is 362 g/mol. The molecule has 2 unspecified atom stereocenters. The maximum atomic E-state index is 2.54. The van der Waals surface area contributed by atoms with E-state index in [1.807, 2.05) is 0 Å². The van der Waals surface area contributed by atoms with Gasteiger partial charge < -0.3 is 0 Å². The second-order valence-electron chi connectivity index (χ2n) is 11.0. The standard InChI is InChI=1S/C26H36N/c1-17-15-19-20(16-18(17)21-13-11-12-14-27(21)10)26(9)23(4,5)22(2,3)25(19,8)24(26,6)7/h11-16H,1-10H3/q+1. The molecule has 1 aromatic heterocycles. The largest absolute Gasteiger partial charge is 0.212 e. The van der Waals surface area contributed by atoms with Crippen LogP contribution in [0.2, 0.25) is 0 Å². The molecule has 27 heavy (non-hydrogen) atoms. The van der Waals surface area contributed by atoms with E-state index < -0.39 is 0 Å². The first-order valence-electron chi connectivity index (χ1n) is 10.4. The van der Waals surface area contributed by atoms with E-state index in [-0.39, 0.29) is 27.1 Å². The average molecular weight is 363 g/mol. The lowest BCUT2D eigenvalue weighted by molar-refractivity contribution is -0.660. The number of aromatic nitrogens is 1. The molecule has 0 N–H and O–H groups in total. The zero-order valence-corrected chi connectivity index (χ0v) is 18.9. The number of pyridine rings is 1. The maximum Gasteiger partial charge on any atom is 0.212 e. The van der Waals surface area contributed by atoms with E-state index >= 15 is 0 Å². The minimum Gasteiger partial charge on any atom is -0.201 e. The molecule has 2 atom stereocenters. The molecule has 2 bridgehead atoms. The second kappa shape index (κ2) is 4.85. The van der Waals surface area contributed by atoms with Gasteiger partial charge in [-0.15, -0.1) is 0 Å². The van der Waals surface area contributed by atoms with E-state index in [2.05, 4.69) is 110 Å². The predicted octanol–water partition coefficient (Wildman–Crippen LogP) is 6.11. The topological polar surface area (TPSA) is 3.88 Å². The fraction of sp³-hybridized carbons (Fsp3) is 0.577. The lowest BCUT2D eigenvalue weighted by Gasteiger charge is -2.54. The Hall–Kier alpha value is -1.63. The molecule has 0 amide bonds. The van der Waals surface area contributed by atoms with Crippen LogP contribution in [0.1, 0.15) is 72.1 Å². The first-order valence-corrected chi connectivity index (χ1v) is 10.4. The van der Waals surface area contributed by atoms with Crippen molar-refractivity contribution >= 4 is 0 Å². The molecule has 1 saturated carbocycles. The van der Waals surface area contributed by atoms with Crippen LogP contribution in [0.5, 0.6) is 0 Å². The summed E-state index contributed by atoms with van der Waals surface area (Å²) in [6, 6.07) is 11.5. The van der Waals surface area contributed by atoms with E-state index in [1.54, 1.807) is 11.1 Å². The summed E-state index contributed by atoms with van der Waals surface area (Å²) >= 11 is 0. The Morgan fingerprint density at radius 1 is 0.704 bits per heavy atom. The summed E-state index contributed by atoms with van der Waals surface area (Å²) in [4.78, 5) is 0. The molecule has 2 aliphatic rings. The van der Waals surface area contributed by atoms with E-state index in [9.17, 15) is 0 Å². The Balaban J connectivity index is 2.11. The molecule has 2 aliphatic carbocycles. The van der Waals surface area contributed by atoms with Crippen molar-refractivity contribution in [3.63, 3.8) is 0 Å². The van der Waals surface area contributed by atoms with Crippen LogP contribution in [-0.2, 0) is 17.9 Å². The van der Waals surface area contributed by atoms with E-state index in [0.717, 1.165) is 0 Å². The van der Waals surface area contributed by atoms with Crippen LogP contribution in [0.25, 0.3) is 11.3 Å². The van der Waals surface area contributed by atoms with Crippen molar-refractivity contribution in [1.82, 2.24) is 0 Å². The van der Waals surface area contributed by atoms with Gasteiger partial charge in [0.25, 0.3) is 0 Å². The van der Waals surface area contributed by atoms with Gasteiger partial charge in [0.15, 0.2) is 6.20 Å². The number of nitrogens with zero attached hydrogens (tertiary/aromatic N) is 1. The van der Waals surface area contributed by atoms with Gasteiger partial charge in [0.2, 0.25) is 5.69 Å². The molecule has 0 radical (unpaired) electrons. The van der Waals surface area contributed by atoms with Crippen LogP contribution in [0, 0.1) is 23.2 Å². The first kappa shape index (κ1) is 18.7. The predicted molar refractivity (Wildman–Crippen MR) is 114 cm³/mol. The summed E-state index contributed by atoms with van der Waals surface area (Å²) in [6.45, 7) is 22.4. The average Bonchev–Trinajstić information content (AvgIpc) is 2.75. The van der Waals surface area contributed by atoms with Crippen LogP contribution < -0.4 is 4.57 Å². The second-order valence-corrected chi connectivity index (χ2v) is 11.0. The molecule has 1 aromatic carbocycles. The molecule has 1 fully saturated rings. The zero-order valence-electron chi connectivity index (χ0n) is 18.9. The Labute approximate surface area is 165 Å². The number of fused-ring (bicyclic) bond motifs is 5. The third kappa shape index (κ3) is 1.63. The van der Waals surface area contributed by atoms with Gasteiger partial charge in [0, 0.05) is 28.5 Å². The molecule has 1 heterocycles. The number of hydrogen-bond acceptors (Lipinski definition) is 0. The summed E-state index contributed by atoms with van der Waals surface area (Å²) in [7, 11) is 2.15. The molecule has 0 saturated heterocycles. The van der Waals surface area contributed by atoms with Crippen molar-refractivity contribution in [2.24, 2.45) is 23.3 Å². The maximum absolute atomic E-state index is 2.54. The SMILES string of the molecule is Cc1cc2c(cc1-c1cccc[n+]1C)C1(C)C(C)(C)C(C)(C)C2(C)C1(C)C. The highest BCUT2D eigenvalue weighted by atomic mass is 14.9. The van der Waals surface area contributed by atoms with E-state index in [4.69, 9.17) is 0 Å². The Morgan fingerprint density at radius 3 is 1.74 bits per heavy atom. The molecular weight excluding hydrogens is 326 g/mol. The van der Waals surface area contributed by atoms with Crippen LogP contribution >= 0.6 is 0 Å². The van der Waals surface area contributed by atoms with Crippen molar-refractivity contribution in [2.75, 3.05) is 0 Å². The van der Waals surface area contributed by atoms with E-state index in [1.165, 1.54) is 16.8 Å². The van der Waals surface area contributed by atoms with Gasteiger partial charge >= 0.3 is 0 Å². The molecule has 0 aliphatic heterocycles. The van der Waals surface area contributed by atoms with Crippen molar-refractivity contribution < 1.29 is 4.57 Å². The third-order valence-electron chi connectivity index (χ3n) is 10.3. The van der Waals surface area contributed by atoms with Crippen molar-refractivity contribution in [2.45, 2.75) is 73.1 Å². The molecule has 1 nitrogen and oxygen atoms in total. The molecule has 0 spiro atoms. The normalized spacial score (nSPS) is 31.8. The van der Waals surface area contributed by atoms with Crippen molar-refractivity contribution in [3.8, 4) is 11.3 Å². The number of benzene rings is 1. The van der Waals surface area contributed by atoms with Gasteiger partial charge in [0.05, 0.1) is 0 Å². The fourth-order valence-electron chi connectivity index (χ4n) is 7.27. The highest BCUT2D eigenvalue weighted by molar-refractivity contribution is 5.69. The third-order valence-corrected chi connectivity index (χ3v) is 10.3. The van der Waals surface area contributed by atoms with Crippen LogP contribution in [0.3, 0.4) is 0 Å². The number of rotatable bonds is 1. The lowest BCUT2D eigenvalue weighted by Crippen LogP contribution is -2.49. The fourth-order valence-corrected chi connectivity index (χ4v) is 7.27. The lowest BCUT2D eigenvalue weighted by atomic mass is 9.50. The van der Waals surface area contributed by atoms with Crippen LogP contribution in [0.15, 0.2) is 36.5 Å². The van der Waals surface area contributed by atoms with Gasteiger partial charge in [0.1, 0.15) is 7.05 Å². The van der Waals surface area contributed by atoms with Crippen LogP contribution in [0.4, 0.5) is 0 Å². The summed E-state index contributed by atoms with van der Waals surface area (Å²) in [5, 5.41) is 0. The smallest absolute Gasteiger partial charge is 0.201 e. The minimum absolute atomic E-state index is 0.128. The number of aryl methyl sites for hydroxylation is 2. The van der Waals surface area contributed by atoms with E-state index in [0.29, 0.717) is 0 Å². The quantitative estimate of drug-likeness (QED) is 0.539. The zero-order chi connectivity index (χ0) is 20.2. The highest BCUT2D eigenvalue weighted by Gasteiger charge is 2.80. The van der Waals surface area contributed by atoms with Gasteiger partial charge in [-0.05, 0) is 52.0 Å². The summed E-state index contributed by atoms with van der Waals surface area (Å²) in [5.74, 6) is 0. The molecule has 4 rings (SSSR count). The molecule has 144 valence electrons. The van der Waals surface area contributed by atoms with Gasteiger partial charge in [-0.1, -0.05) is 61.5 Å². The molecule has 1 heteroatoms. The van der Waals surface area contributed by atoms with Crippen molar-refractivity contribution in [3.05, 3.63) is 53.2 Å². The van der Waals surface area contributed by atoms with Crippen LogP contribution in [-0.4, -0.2) is 0 Å².